The van der Waals surface area contributed by atoms with Crippen LogP contribution in [0.3, 0.4) is 0 Å². The van der Waals surface area contributed by atoms with E-state index in [0.717, 1.165) is 25.4 Å². The van der Waals surface area contributed by atoms with Crippen molar-refractivity contribution in [2.75, 3.05) is 26.0 Å². The number of nitrogens with zero attached hydrogens (tertiary/aromatic N) is 1. The number of nitrogen functional groups attached to an aromatic ring is 1. The van der Waals surface area contributed by atoms with Crippen molar-refractivity contribution < 1.29 is 4.74 Å². The Morgan fingerprint density at radius 3 is 2.40 bits per heavy atom. The molecule has 20 heavy (non-hydrogen) atoms. The van der Waals surface area contributed by atoms with E-state index in [1.54, 1.807) is 7.11 Å². The van der Waals surface area contributed by atoms with Crippen molar-refractivity contribution in [1.29, 1.82) is 0 Å². The maximum atomic E-state index is 6.21. The molecule has 3 nitrogen and oxygen atoms in total. The lowest BCUT2D eigenvalue weighted by Gasteiger charge is -2.27. The Balaban J connectivity index is 2.24. The Morgan fingerprint density at radius 2 is 1.80 bits per heavy atom. The highest BCUT2D eigenvalue weighted by atomic mass is 16.5. The lowest BCUT2D eigenvalue weighted by Crippen LogP contribution is -2.33. The van der Waals surface area contributed by atoms with E-state index >= 15 is 0 Å². The van der Waals surface area contributed by atoms with Gasteiger partial charge in [-0.25, -0.2) is 0 Å². The standard InChI is InChI=1S/C17H24N2O/c1-13(2)19(8-9-20-3)12-16-10-14-6-4-5-7-15(14)11-17(16)18/h4-7,10-11,13H,8-9,12,18H2,1-3H3. The molecule has 0 aliphatic heterocycles. The van der Waals surface area contributed by atoms with Gasteiger partial charge in [-0.3, -0.25) is 4.90 Å². The summed E-state index contributed by atoms with van der Waals surface area (Å²) in [5.41, 5.74) is 8.26. The van der Waals surface area contributed by atoms with Crippen molar-refractivity contribution in [2.24, 2.45) is 0 Å². The van der Waals surface area contributed by atoms with E-state index in [1.165, 1.54) is 16.3 Å². The molecule has 0 heterocycles. The second-order valence-corrected chi connectivity index (χ2v) is 5.46. The van der Waals surface area contributed by atoms with E-state index < -0.39 is 0 Å². The SMILES string of the molecule is COCCN(Cc1cc2ccccc2cc1N)C(C)C. The maximum Gasteiger partial charge on any atom is 0.0589 e. The van der Waals surface area contributed by atoms with Gasteiger partial charge < -0.3 is 10.5 Å². The summed E-state index contributed by atoms with van der Waals surface area (Å²) < 4.78 is 5.19. The number of nitrogens with two attached hydrogens (primary N) is 1. The number of anilines is 1. The van der Waals surface area contributed by atoms with Gasteiger partial charge in [0, 0.05) is 31.9 Å². The number of hydrogen-bond acceptors (Lipinski definition) is 3. The number of hydrogen-bond donors (Lipinski definition) is 1. The number of methoxy groups -OCH3 is 1. The molecule has 2 N–H and O–H groups in total. The van der Waals surface area contributed by atoms with Crippen molar-refractivity contribution >= 4 is 16.5 Å². The molecule has 3 heteroatoms. The lowest BCUT2D eigenvalue weighted by atomic mass is 10.0. The first-order valence-corrected chi connectivity index (χ1v) is 7.12. The van der Waals surface area contributed by atoms with Gasteiger partial charge in [-0.1, -0.05) is 24.3 Å². The molecule has 0 fully saturated rings. The summed E-state index contributed by atoms with van der Waals surface area (Å²) in [6.45, 7) is 6.92. The zero-order chi connectivity index (χ0) is 14.5. The predicted octanol–water partition coefficient (Wildman–Crippen LogP) is 3.28. The van der Waals surface area contributed by atoms with Gasteiger partial charge in [0.25, 0.3) is 0 Å². The maximum absolute atomic E-state index is 6.21. The Morgan fingerprint density at radius 1 is 1.15 bits per heavy atom. The summed E-state index contributed by atoms with van der Waals surface area (Å²) in [6.07, 6.45) is 0. The normalized spacial score (nSPS) is 11.7. The van der Waals surface area contributed by atoms with E-state index in [2.05, 4.69) is 49.1 Å². The fraction of sp³-hybridized carbons (Fsp3) is 0.412. The van der Waals surface area contributed by atoms with Gasteiger partial charge in [-0.2, -0.15) is 0 Å². The van der Waals surface area contributed by atoms with Gasteiger partial charge in [-0.05, 0) is 42.3 Å². The average Bonchev–Trinajstić information content (AvgIpc) is 2.43. The third-order valence-corrected chi connectivity index (χ3v) is 3.69. The molecule has 2 aromatic carbocycles. The third kappa shape index (κ3) is 3.50. The van der Waals surface area contributed by atoms with Gasteiger partial charge in [0.15, 0.2) is 0 Å². The zero-order valence-corrected chi connectivity index (χ0v) is 12.6. The fourth-order valence-electron chi connectivity index (χ4n) is 2.39. The Bertz CT molecular complexity index is 566. The minimum atomic E-state index is 0.469. The summed E-state index contributed by atoms with van der Waals surface area (Å²) in [6, 6.07) is 13.1. The van der Waals surface area contributed by atoms with Crippen LogP contribution in [0, 0.1) is 0 Å². The van der Waals surface area contributed by atoms with Crippen LogP contribution < -0.4 is 5.73 Å². The lowest BCUT2D eigenvalue weighted by molar-refractivity contribution is 0.125. The highest BCUT2D eigenvalue weighted by Crippen LogP contribution is 2.23. The average molecular weight is 272 g/mol. The van der Waals surface area contributed by atoms with E-state index in [0.29, 0.717) is 6.04 Å². The smallest absolute Gasteiger partial charge is 0.0589 e. The molecule has 2 rings (SSSR count). The first kappa shape index (κ1) is 14.8. The topological polar surface area (TPSA) is 38.5 Å². The molecule has 0 aliphatic carbocycles. The highest BCUT2D eigenvalue weighted by Gasteiger charge is 2.12. The fourth-order valence-corrected chi connectivity index (χ4v) is 2.39. The molecule has 108 valence electrons. The summed E-state index contributed by atoms with van der Waals surface area (Å²) in [5, 5.41) is 2.44. The number of benzene rings is 2. The summed E-state index contributed by atoms with van der Waals surface area (Å²) in [5.74, 6) is 0. The molecule has 0 saturated carbocycles. The first-order chi connectivity index (χ1) is 9.61. The van der Waals surface area contributed by atoms with E-state index in [4.69, 9.17) is 10.5 Å². The molecular weight excluding hydrogens is 248 g/mol. The minimum Gasteiger partial charge on any atom is -0.398 e. The van der Waals surface area contributed by atoms with Crippen LogP contribution in [0.5, 0.6) is 0 Å². The molecule has 0 atom stereocenters. The second-order valence-electron chi connectivity index (χ2n) is 5.46. The van der Waals surface area contributed by atoms with Crippen molar-refractivity contribution in [2.45, 2.75) is 26.4 Å². The number of fused-ring (bicyclic) bond motifs is 1. The van der Waals surface area contributed by atoms with Crippen LogP contribution in [0.4, 0.5) is 5.69 Å². The summed E-state index contributed by atoms with van der Waals surface area (Å²) >= 11 is 0. The van der Waals surface area contributed by atoms with Gasteiger partial charge >= 0.3 is 0 Å². The minimum absolute atomic E-state index is 0.469. The van der Waals surface area contributed by atoms with Gasteiger partial charge in [0.05, 0.1) is 6.61 Å². The molecular formula is C17H24N2O. The zero-order valence-electron chi connectivity index (χ0n) is 12.6. The Labute approximate surface area is 121 Å². The summed E-state index contributed by atoms with van der Waals surface area (Å²) in [4.78, 5) is 2.38. The van der Waals surface area contributed by atoms with Gasteiger partial charge in [0.1, 0.15) is 0 Å². The molecule has 0 amide bonds. The molecule has 0 aliphatic rings. The highest BCUT2D eigenvalue weighted by molar-refractivity contribution is 5.86. The molecule has 0 aromatic heterocycles. The van der Waals surface area contributed by atoms with E-state index in [-0.39, 0.29) is 0 Å². The van der Waals surface area contributed by atoms with Crippen LogP contribution in [-0.2, 0) is 11.3 Å². The van der Waals surface area contributed by atoms with Gasteiger partial charge in [0.2, 0.25) is 0 Å². The second kappa shape index (κ2) is 6.73. The number of ether oxygens (including phenoxy) is 1. The monoisotopic (exact) mass is 272 g/mol. The molecule has 2 aromatic rings. The van der Waals surface area contributed by atoms with Gasteiger partial charge in [-0.15, -0.1) is 0 Å². The van der Waals surface area contributed by atoms with Crippen LogP contribution in [0.1, 0.15) is 19.4 Å². The molecule has 0 bridgehead atoms. The van der Waals surface area contributed by atoms with Crippen molar-refractivity contribution in [3.63, 3.8) is 0 Å². The van der Waals surface area contributed by atoms with Crippen molar-refractivity contribution in [1.82, 2.24) is 4.90 Å². The predicted molar refractivity (Wildman–Crippen MR) is 85.8 cm³/mol. The Kier molecular flexibility index (Phi) is 4.99. The van der Waals surface area contributed by atoms with Crippen LogP contribution >= 0.6 is 0 Å². The largest absolute Gasteiger partial charge is 0.398 e. The summed E-state index contributed by atoms with van der Waals surface area (Å²) in [7, 11) is 1.74. The molecule has 0 unspecified atom stereocenters. The van der Waals surface area contributed by atoms with E-state index in [9.17, 15) is 0 Å². The van der Waals surface area contributed by atoms with Crippen LogP contribution in [0.15, 0.2) is 36.4 Å². The third-order valence-electron chi connectivity index (χ3n) is 3.69. The number of rotatable bonds is 6. The van der Waals surface area contributed by atoms with Crippen LogP contribution in [0.2, 0.25) is 0 Å². The quantitative estimate of drug-likeness (QED) is 0.820. The van der Waals surface area contributed by atoms with E-state index in [1.807, 2.05) is 6.07 Å². The van der Waals surface area contributed by atoms with Crippen LogP contribution in [-0.4, -0.2) is 31.2 Å². The van der Waals surface area contributed by atoms with Crippen molar-refractivity contribution in [3.8, 4) is 0 Å². The van der Waals surface area contributed by atoms with Crippen molar-refractivity contribution in [3.05, 3.63) is 42.0 Å². The first-order valence-electron chi connectivity index (χ1n) is 7.12. The molecule has 0 radical (unpaired) electrons. The Hall–Kier alpha value is -1.58. The molecule has 0 spiro atoms. The van der Waals surface area contributed by atoms with Crippen LogP contribution in [0.25, 0.3) is 10.8 Å². The molecule has 0 saturated heterocycles.